The molecule has 0 radical (unpaired) electrons. The van der Waals surface area contributed by atoms with Crippen molar-refractivity contribution in [3.63, 3.8) is 0 Å². The molecule has 112 valence electrons. The molecular weight excluding hydrogens is 282 g/mol. The van der Waals surface area contributed by atoms with Crippen LogP contribution in [-0.4, -0.2) is 40.1 Å². The first-order valence-corrected chi connectivity index (χ1v) is 7.12. The Morgan fingerprint density at radius 2 is 1.86 bits per heavy atom. The molecule has 1 aromatic carbocycles. The first-order valence-electron chi connectivity index (χ1n) is 7.12. The molecule has 2 aromatic rings. The SMILES string of the molecule is Cc1c(C2=NOC3C(=O)N(C)C(=O)C23)n(C)c2ccccc12. The largest absolute Gasteiger partial charge is 0.381 e. The zero-order chi connectivity index (χ0) is 15.6. The molecule has 6 nitrogen and oxygen atoms in total. The number of carbonyl (C=O) groups is 2. The van der Waals surface area contributed by atoms with Gasteiger partial charge in [0.1, 0.15) is 11.6 Å². The number of hydrogen-bond acceptors (Lipinski definition) is 4. The number of carbonyl (C=O) groups excluding carboxylic acids is 2. The van der Waals surface area contributed by atoms with E-state index in [0.717, 1.165) is 27.1 Å². The predicted octanol–water partition coefficient (Wildman–Crippen LogP) is 1.20. The fraction of sp³-hybridized carbons (Fsp3) is 0.312. The number of amides is 2. The van der Waals surface area contributed by atoms with Crippen molar-refractivity contribution in [3.05, 3.63) is 35.5 Å². The van der Waals surface area contributed by atoms with Crippen LogP contribution in [0.1, 0.15) is 11.3 Å². The van der Waals surface area contributed by atoms with E-state index in [2.05, 4.69) is 5.16 Å². The van der Waals surface area contributed by atoms with Crippen molar-refractivity contribution in [2.75, 3.05) is 7.05 Å². The summed E-state index contributed by atoms with van der Waals surface area (Å²) in [6, 6.07) is 8.01. The van der Waals surface area contributed by atoms with Crippen molar-refractivity contribution in [2.45, 2.75) is 13.0 Å². The van der Waals surface area contributed by atoms with E-state index < -0.39 is 12.0 Å². The second-order valence-corrected chi connectivity index (χ2v) is 5.77. The zero-order valence-corrected chi connectivity index (χ0v) is 12.5. The van der Waals surface area contributed by atoms with Gasteiger partial charge in [-0.25, -0.2) is 0 Å². The minimum atomic E-state index is -0.815. The molecule has 2 unspecified atom stereocenters. The van der Waals surface area contributed by atoms with Crippen LogP contribution in [0, 0.1) is 12.8 Å². The quantitative estimate of drug-likeness (QED) is 0.743. The molecule has 6 heteroatoms. The highest BCUT2D eigenvalue weighted by Crippen LogP contribution is 2.35. The Bertz CT molecular complexity index is 826. The maximum Gasteiger partial charge on any atom is 0.274 e. The molecule has 1 saturated heterocycles. The summed E-state index contributed by atoms with van der Waals surface area (Å²) in [7, 11) is 3.42. The van der Waals surface area contributed by atoms with E-state index >= 15 is 0 Å². The van der Waals surface area contributed by atoms with Crippen LogP contribution in [-0.2, 0) is 21.5 Å². The monoisotopic (exact) mass is 297 g/mol. The predicted molar refractivity (Wildman–Crippen MR) is 80.3 cm³/mol. The number of para-hydroxylation sites is 1. The van der Waals surface area contributed by atoms with Gasteiger partial charge in [-0.15, -0.1) is 0 Å². The number of fused-ring (bicyclic) bond motifs is 2. The second-order valence-electron chi connectivity index (χ2n) is 5.77. The third-order valence-corrected chi connectivity index (χ3v) is 4.64. The molecule has 0 aliphatic carbocycles. The normalized spacial score (nSPS) is 24.0. The van der Waals surface area contributed by atoms with Gasteiger partial charge in [0.05, 0.1) is 5.69 Å². The van der Waals surface area contributed by atoms with Crippen molar-refractivity contribution < 1.29 is 14.4 Å². The molecule has 22 heavy (non-hydrogen) atoms. The number of likely N-dealkylation sites (tertiary alicyclic amines) is 1. The highest BCUT2D eigenvalue weighted by Gasteiger charge is 2.55. The topological polar surface area (TPSA) is 63.9 Å². The summed E-state index contributed by atoms with van der Waals surface area (Å²) >= 11 is 0. The van der Waals surface area contributed by atoms with E-state index in [1.807, 2.05) is 42.8 Å². The van der Waals surface area contributed by atoms with Gasteiger partial charge in [-0.05, 0) is 18.6 Å². The van der Waals surface area contributed by atoms with E-state index in [1.54, 1.807) is 0 Å². The zero-order valence-electron chi connectivity index (χ0n) is 12.5. The standard InChI is InChI=1S/C16H15N3O3/c1-8-9-6-4-5-7-10(9)18(2)13(8)12-11-14(22-17-12)16(21)19(3)15(11)20/h4-7,11,14H,1-3H3. The molecule has 2 amide bonds. The van der Waals surface area contributed by atoms with Crippen molar-refractivity contribution >= 4 is 28.4 Å². The summed E-state index contributed by atoms with van der Waals surface area (Å²) in [6.07, 6.45) is -0.815. The summed E-state index contributed by atoms with van der Waals surface area (Å²) in [5, 5.41) is 5.18. The Morgan fingerprint density at radius 3 is 2.59 bits per heavy atom. The van der Waals surface area contributed by atoms with Crippen LogP contribution in [0.4, 0.5) is 0 Å². The van der Waals surface area contributed by atoms with Gasteiger partial charge in [0.25, 0.3) is 5.91 Å². The third kappa shape index (κ3) is 1.41. The molecule has 1 aromatic heterocycles. The molecule has 0 N–H and O–H groups in total. The highest BCUT2D eigenvalue weighted by molar-refractivity contribution is 6.23. The van der Waals surface area contributed by atoms with E-state index in [1.165, 1.54) is 7.05 Å². The number of hydrogen-bond donors (Lipinski definition) is 0. The summed E-state index contributed by atoms with van der Waals surface area (Å²) in [4.78, 5) is 30.8. The lowest BCUT2D eigenvalue weighted by molar-refractivity contribution is -0.140. The van der Waals surface area contributed by atoms with Crippen LogP contribution in [0.3, 0.4) is 0 Å². The molecule has 0 bridgehead atoms. The van der Waals surface area contributed by atoms with Gasteiger partial charge in [0.15, 0.2) is 0 Å². The smallest absolute Gasteiger partial charge is 0.274 e. The van der Waals surface area contributed by atoms with E-state index in [4.69, 9.17) is 4.84 Å². The number of oxime groups is 1. The number of nitrogens with zero attached hydrogens (tertiary/aromatic N) is 3. The number of imide groups is 1. The lowest BCUT2D eigenvalue weighted by Gasteiger charge is -2.10. The molecule has 1 fully saturated rings. The average Bonchev–Trinajstić information content (AvgIpc) is 3.12. The Labute approximate surface area is 126 Å². The van der Waals surface area contributed by atoms with Gasteiger partial charge in [-0.2, -0.15) is 0 Å². The summed E-state index contributed by atoms with van der Waals surface area (Å²) in [6.45, 7) is 2.00. The maximum atomic E-state index is 12.4. The van der Waals surface area contributed by atoms with Crippen LogP contribution in [0.25, 0.3) is 10.9 Å². The number of aromatic nitrogens is 1. The fourth-order valence-electron chi connectivity index (χ4n) is 3.45. The Hall–Kier alpha value is -2.63. The Balaban J connectivity index is 1.91. The van der Waals surface area contributed by atoms with E-state index in [9.17, 15) is 9.59 Å². The van der Waals surface area contributed by atoms with Gasteiger partial charge < -0.3 is 9.40 Å². The summed E-state index contributed by atoms with van der Waals surface area (Å²) in [5.41, 5.74) is 3.50. The van der Waals surface area contributed by atoms with Gasteiger partial charge in [-0.1, -0.05) is 23.4 Å². The Kier molecular flexibility index (Phi) is 2.49. The highest BCUT2D eigenvalue weighted by atomic mass is 16.6. The third-order valence-electron chi connectivity index (χ3n) is 4.64. The molecule has 0 spiro atoms. The summed E-state index contributed by atoms with van der Waals surface area (Å²) < 4.78 is 2.01. The number of likely N-dealkylation sites (N-methyl/N-ethyl adjacent to an activating group) is 1. The molecule has 3 heterocycles. The first kappa shape index (κ1) is 13.1. The van der Waals surface area contributed by atoms with Gasteiger partial charge in [-0.3, -0.25) is 14.5 Å². The van der Waals surface area contributed by atoms with Crippen molar-refractivity contribution in [2.24, 2.45) is 18.1 Å². The number of rotatable bonds is 1. The summed E-state index contributed by atoms with van der Waals surface area (Å²) in [5.74, 6) is -1.22. The molecule has 2 aliphatic rings. The number of benzene rings is 1. The van der Waals surface area contributed by atoms with E-state index in [-0.39, 0.29) is 11.8 Å². The molecule has 2 atom stereocenters. The molecule has 0 saturated carbocycles. The van der Waals surface area contributed by atoms with Crippen LogP contribution >= 0.6 is 0 Å². The van der Waals surface area contributed by atoms with Gasteiger partial charge in [0.2, 0.25) is 12.0 Å². The molecule has 2 aliphatic heterocycles. The van der Waals surface area contributed by atoms with Crippen LogP contribution in [0.5, 0.6) is 0 Å². The maximum absolute atomic E-state index is 12.4. The molecular formula is C16H15N3O3. The number of aryl methyl sites for hydroxylation is 2. The first-order chi connectivity index (χ1) is 10.5. The van der Waals surface area contributed by atoms with Crippen LogP contribution in [0.15, 0.2) is 29.4 Å². The van der Waals surface area contributed by atoms with Crippen molar-refractivity contribution in [1.82, 2.24) is 9.47 Å². The minimum absolute atomic E-state index is 0.254. The average molecular weight is 297 g/mol. The second kappa shape index (κ2) is 4.19. The minimum Gasteiger partial charge on any atom is -0.381 e. The van der Waals surface area contributed by atoms with Crippen LogP contribution in [0.2, 0.25) is 0 Å². The van der Waals surface area contributed by atoms with Crippen molar-refractivity contribution in [3.8, 4) is 0 Å². The lowest BCUT2D eigenvalue weighted by atomic mass is 9.95. The fourth-order valence-corrected chi connectivity index (χ4v) is 3.45. The Morgan fingerprint density at radius 1 is 1.14 bits per heavy atom. The van der Waals surface area contributed by atoms with Crippen molar-refractivity contribution in [1.29, 1.82) is 0 Å². The van der Waals surface area contributed by atoms with E-state index in [0.29, 0.717) is 5.71 Å². The molecule has 4 rings (SSSR count). The lowest BCUT2D eigenvalue weighted by Crippen LogP contribution is -2.29. The van der Waals surface area contributed by atoms with Gasteiger partial charge >= 0.3 is 0 Å². The van der Waals surface area contributed by atoms with Gasteiger partial charge in [0, 0.05) is 25.0 Å². The van der Waals surface area contributed by atoms with Crippen LogP contribution < -0.4 is 0 Å².